The Bertz CT molecular complexity index is 212. The lowest BCUT2D eigenvalue weighted by Gasteiger charge is -2.45. The summed E-state index contributed by atoms with van der Waals surface area (Å²) >= 11 is 0. The molecule has 2 atom stereocenters. The summed E-state index contributed by atoms with van der Waals surface area (Å²) < 4.78 is 0. The summed E-state index contributed by atoms with van der Waals surface area (Å²) in [5, 5.41) is 9.45. The molecule has 13 heavy (non-hydrogen) atoms. The van der Waals surface area contributed by atoms with Crippen LogP contribution >= 0.6 is 0 Å². The van der Waals surface area contributed by atoms with E-state index in [9.17, 15) is 9.90 Å². The normalized spacial score (nSPS) is 40.1. The quantitative estimate of drug-likeness (QED) is 0.672. The first kappa shape index (κ1) is 9.20. The zero-order valence-corrected chi connectivity index (χ0v) is 8.09. The molecule has 0 aliphatic heterocycles. The third-order valence-corrected chi connectivity index (χ3v) is 4.03. The van der Waals surface area contributed by atoms with Gasteiger partial charge in [-0.05, 0) is 30.6 Å². The van der Waals surface area contributed by atoms with Crippen LogP contribution in [0.2, 0.25) is 0 Å². The highest BCUT2D eigenvalue weighted by molar-refractivity contribution is 5.79. The number of Topliss-reactive ketones (excluding diaryl/α,β-unsaturated/α-hetero) is 1. The minimum atomic E-state index is 0.131. The van der Waals surface area contributed by atoms with Gasteiger partial charge in [-0.15, -0.1) is 0 Å². The first-order valence-electron chi connectivity index (χ1n) is 5.39. The van der Waals surface area contributed by atoms with Crippen LogP contribution in [0.1, 0.15) is 44.9 Å². The molecule has 2 rings (SSSR count). The molecule has 2 aliphatic carbocycles. The van der Waals surface area contributed by atoms with E-state index in [1.165, 1.54) is 12.8 Å². The second-order valence-electron chi connectivity index (χ2n) is 4.71. The van der Waals surface area contributed by atoms with Crippen molar-refractivity contribution in [2.75, 3.05) is 6.61 Å². The average Bonchev–Trinajstić information content (AvgIpc) is 2.18. The molecule has 2 saturated carbocycles. The Labute approximate surface area is 79.3 Å². The Balaban J connectivity index is 2.14. The number of carbonyl (C=O) groups is 1. The largest absolute Gasteiger partial charge is 0.396 e. The van der Waals surface area contributed by atoms with Crippen molar-refractivity contribution in [2.24, 2.45) is 11.3 Å². The maximum absolute atomic E-state index is 11.3. The maximum Gasteiger partial charge on any atom is 0.133 e. The molecule has 2 heteroatoms. The molecular formula is C11H18O2. The van der Waals surface area contributed by atoms with Crippen LogP contribution in [0.4, 0.5) is 0 Å². The van der Waals surface area contributed by atoms with E-state index < -0.39 is 0 Å². The second kappa shape index (κ2) is 3.41. The minimum absolute atomic E-state index is 0.131. The summed E-state index contributed by atoms with van der Waals surface area (Å²) in [7, 11) is 0. The molecule has 2 fully saturated rings. The summed E-state index contributed by atoms with van der Waals surface area (Å²) in [6, 6.07) is 0. The van der Waals surface area contributed by atoms with Gasteiger partial charge in [0, 0.05) is 19.4 Å². The van der Waals surface area contributed by atoms with Crippen LogP contribution in [0.15, 0.2) is 0 Å². The van der Waals surface area contributed by atoms with Crippen LogP contribution < -0.4 is 0 Å². The molecule has 0 unspecified atom stereocenters. The fraction of sp³-hybridized carbons (Fsp3) is 0.909. The predicted molar refractivity (Wildman–Crippen MR) is 50.3 cm³/mol. The lowest BCUT2D eigenvalue weighted by molar-refractivity contribution is -0.128. The summed E-state index contributed by atoms with van der Waals surface area (Å²) in [6.45, 7) is 0.297. The molecule has 2 aliphatic rings. The van der Waals surface area contributed by atoms with Gasteiger partial charge >= 0.3 is 0 Å². The molecule has 0 aromatic heterocycles. The zero-order chi connectivity index (χ0) is 9.31. The van der Waals surface area contributed by atoms with Crippen molar-refractivity contribution in [3.63, 3.8) is 0 Å². The molecule has 0 spiro atoms. The number of aliphatic hydroxyl groups excluding tert-OH is 1. The lowest BCUT2D eigenvalue weighted by Crippen LogP contribution is -2.42. The van der Waals surface area contributed by atoms with E-state index in [0.717, 1.165) is 25.7 Å². The summed E-state index contributed by atoms with van der Waals surface area (Å²) in [5.74, 6) is 0.906. The molecule has 2 nitrogen and oxygen atoms in total. The van der Waals surface area contributed by atoms with Crippen LogP contribution in [0.3, 0.4) is 0 Å². The smallest absolute Gasteiger partial charge is 0.133 e. The fourth-order valence-corrected chi connectivity index (χ4v) is 3.08. The summed E-state index contributed by atoms with van der Waals surface area (Å²) in [4.78, 5) is 11.3. The van der Waals surface area contributed by atoms with Crippen molar-refractivity contribution >= 4 is 5.78 Å². The van der Waals surface area contributed by atoms with Crippen LogP contribution in [-0.4, -0.2) is 17.5 Å². The van der Waals surface area contributed by atoms with E-state index in [2.05, 4.69) is 0 Å². The highest BCUT2D eigenvalue weighted by Crippen LogP contribution is 2.48. The Kier molecular flexibility index (Phi) is 2.41. The number of aliphatic hydroxyl groups is 1. The molecule has 0 bridgehead atoms. The second-order valence-corrected chi connectivity index (χ2v) is 4.71. The SMILES string of the molecule is O=C1CC[C@@]2(CO)CCCC[C@@H]2C1. The number of carbonyl (C=O) groups excluding carboxylic acids is 1. The molecular weight excluding hydrogens is 164 g/mol. The van der Waals surface area contributed by atoms with E-state index in [0.29, 0.717) is 24.7 Å². The van der Waals surface area contributed by atoms with Gasteiger partial charge in [-0.1, -0.05) is 12.8 Å². The van der Waals surface area contributed by atoms with E-state index >= 15 is 0 Å². The minimum Gasteiger partial charge on any atom is -0.396 e. The van der Waals surface area contributed by atoms with Gasteiger partial charge in [-0.25, -0.2) is 0 Å². The molecule has 0 heterocycles. The average molecular weight is 182 g/mol. The molecule has 1 N–H and O–H groups in total. The number of ketones is 1. The molecule has 0 saturated heterocycles. The number of rotatable bonds is 1. The van der Waals surface area contributed by atoms with Crippen molar-refractivity contribution in [2.45, 2.75) is 44.9 Å². The van der Waals surface area contributed by atoms with Gasteiger partial charge in [-0.2, -0.15) is 0 Å². The van der Waals surface area contributed by atoms with Crippen LogP contribution in [0.5, 0.6) is 0 Å². The Morgan fingerprint density at radius 2 is 2.23 bits per heavy atom. The van der Waals surface area contributed by atoms with Crippen molar-refractivity contribution in [3.05, 3.63) is 0 Å². The van der Waals surface area contributed by atoms with Gasteiger partial charge in [0.2, 0.25) is 0 Å². The third-order valence-electron chi connectivity index (χ3n) is 4.03. The predicted octanol–water partition coefficient (Wildman–Crippen LogP) is 1.91. The molecule has 0 amide bonds. The highest BCUT2D eigenvalue weighted by atomic mass is 16.3. The fourth-order valence-electron chi connectivity index (χ4n) is 3.08. The van der Waals surface area contributed by atoms with Gasteiger partial charge < -0.3 is 5.11 Å². The van der Waals surface area contributed by atoms with Gasteiger partial charge in [0.1, 0.15) is 5.78 Å². The summed E-state index contributed by atoms with van der Waals surface area (Å²) in [5.41, 5.74) is 0.131. The molecule has 0 radical (unpaired) electrons. The van der Waals surface area contributed by atoms with Gasteiger partial charge in [-0.3, -0.25) is 4.79 Å². The Morgan fingerprint density at radius 1 is 1.38 bits per heavy atom. The first-order valence-corrected chi connectivity index (χ1v) is 5.39. The number of hydrogen-bond donors (Lipinski definition) is 1. The molecule has 0 aromatic rings. The van der Waals surface area contributed by atoms with Crippen LogP contribution in [0, 0.1) is 11.3 Å². The Morgan fingerprint density at radius 3 is 3.00 bits per heavy atom. The third kappa shape index (κ3) is 1.52. The molecule has 0 aromatic carbocycles. The van der Waals surface area contributed by atoms with Gasteiger partial charge in [0.05, 0.1) is 0 Å². The van der Waals surface area contributed by atoms with E-state index in [1.54, 1.807) is 0 Å². The van der Waals surface area contributed by atoms with E-state index in [-0.39, 0.29) is 5.41 Å². The van der Waals surface area contributed by atoms with Crippen molar-refractivity contribution in [3.8, 4) is 0 Å². The Hall–Kier alpha value is -0.370. The van der Waals surface area contributed by atoms with Crippen molar-refractivity contribution < 1.29 is 9.90 Å². The number of hydrogen-bond acceptors (Lipinski definition) is 2. The van der Waals surface area contributed by atoms with Crippen molar-refractivity contribution in [1.82, 2.24) is 0 Å². The molecule has 74 valence electrons. The topological polar surface area (TPSA) is 37.3 Å². The van der Waals surface area contributed by atoms with Crippen LogP contribution in [0.25, 0.3) is 0 Å². The van der Waals surface area contributed by atoms with Gasteiger partial charge in [0.15, 0.2) is 0 Å². The number of fused-ring (bicyclic) bond motifs is 1. The lowest BCUT2D eigenvalue weighted by atomic mass is 9.59. The van der Waals surface area contributed by atoms with Crippen molar-refractivity contribution in [1.29, 1.82) is 0 Å². The first-order chi connectivity index (χ1) is 6.27. The van der Waals surface area contributed by atoms with E-state index in [1.807, 2.05) is 0 Å². The highest BCUT2D eigenvalue weighted by Gasteiger charge is 2.43. The monoisotopic (exact) mass is 182 g/mol. The summed E-state index contributed by atoms with van der Waals surface area (Å²) in [6.07, 6.45) is 7.17. The standard InChI is InChI=1S/C11H18O2/c12-8-11-5-2-1-3-9(11)7-10(13)4-6-11/h9,12H,1-8H2/t9-,11-/m1/s1. The van der Waals surface area contributed by atoms with Gasteiger partial charge in [0.25, 0.3) is 0 Å². The maximum atomic E-state index is 11.3. The van der Waals surface area contributed by atoms with E-state index in [4.69, 9.17) is 0 Å². The zero-order valence-electron chi connectivity index (χ0n) is 8.09. The van der Waals surface area contributed by atoms with Crippen LogP contribution in [-0.2, 0) is 4.79 Å².